The van der Waals surface area contributed by atoms with Crippen LogP contribution in [0, 0.1) is 10.1 Å². The van der Waals surface area contributed by atoms with Gasteiger partial charge in [-0.1, -0.05) is 23.2 Å². The van der Waals surface area contributed by atoms with Crippen molar-refractivity contribution < 1.29 is 9.66 Å². The van der Waals surface area contributed by atoms with Gasteiger partial charge in [-0.25, -0.2) is 0 Å². The Balaban J connectivity index is 2.14. The van der Waals surface area contributed by atoms with Gasteiger partial charge in [0.25, 0.3) is 5.69 Å². The summed E-state index contributed by atoms with van der Waals surface area (Å²) in [5, 5.41) is 11.7. The Morgan fingerprint density at radius 1 is 1.19 bits per heavy atom. The van der Waals surface area contributed by atoms with Gasteiger partial charge in [0, 0.05) is 16.1 Å². The van der Waals surface area contributed by atoms with Crippen LogP contribution in [0.1, 0.15) is 5.56 Å². The van der Waals surface area contributed by atoms with Crippen LogP contribution in [0.5, 0.6) is 5.75 Å². The number of anilines is 1. The molecule has 8 heteroatoms. The molecule has 0 radical (unpaired) electrons. The highest BCUT2D eigenvalue weighted by Crippen LogP contribution is 2.27. The van der Waals surface area contributed by atoms with Crippen molar-refractivity contribution in [2.45, 2.75) is 6.61 Å². The number of nitro benzene ring substituents is 1. The Bertz CT molecular complexity index is 659. The van der Waals surface area contributed by atoms with Crippen LogP contribution in [-0.4, -0.2) is 4.92 Å². The minimum Gasteiger partial charge on any atom is -0.489 e. The number of ether oxygens (including phenoxy) is 1. The second-order valence-electron chi connectivity index (χ2n) is 4.15. The molecule has 0 aliphatic rings. The molecule has 0 aliphatic heterocycles. The highest BCUT2D eigenvalue weighted by atomic mass is 35.5. The molecule has 6 nitrogen and oxygen atoms in total. The fraction of sp³-hybridized carbons (Fsp3) is 0.0769. The van der Waals surface area contributed by atoms with E-state index in [1.807, 2.05) is 0 Å². The quantitative estimate of drug-likeness (QED) is 0.495. The number of hydrogen-bond donors (Lipinski definition) is 2. The maximum atomic E-state index is 10.8. The molecule has 21 heavy (non-hydrogen) atoms. The molecule has 3 N–H and O–H groups in total. The molecule has 0 saturated heterocycles. The molecule has 2 rings (SSSR count). The monoisotopic (exact) mass is 327 g/mol. The van der Waals surface area contributed by atoms with Crippen molar-refractivity contribution in [2.24, 2.45) is 5.84 Å². The van der Waals surface area contributed by atoms with Crippen molar-refractivity contribution in [3.8, 4) is 5.75 Å². The fourth-order valence-corrected chi connectivity index (χ4v) is 2.23. The summed E-state index contributed by atoms with van der Waals surface area (Å²) in [5.74, 6) is 5.78. The average Bonchev–Trinajstić information content (AvgIpc) is 2.43. The topological polar surface area (TPSA) is 90.4 Å². The molecule has 0 amide bonds. The van der Waals surface area contributed by atoms with Crippen molar-refractivity contribution in [3.05, 3.63) is 62.1 Å². The van der Waals surface area contributed by atoms with Gasteiger partial charge < -0.3 is 10.2 Å². The molecule has 0 fully saturated rings. The van der Waals surface area contributed by atoms with Crippen molar-refractivity contribution in [3.63, 3.8) is 0 Å². The average molecular weight is 328 g/mol. The summed E-state index contributed by atoms with van der Waals surface area (Å²) in [6, 6.07) is 9.34. The Morgan fingerprint density at radius 3 is 2.43 bits per heavy atom. The Morgan fingerprint density at radius 2 is 1.86 bits per heavy atom. The third kappa shape index (κ3) is 3.98. The van der Waals surface area contributed by atoms with Crippen LogP contribution >= 0.6 is 23.2 Å². The number of hydrogen-bond acceptors (Lipinski definition) is 5. The molecule has 0 atom stereocenters. The van der Waals surface area contributed by atoms with Gasteiger partial charge in [0.2, 0.25) is 0 Å². The van der Waals surface area contributed by atoms with Gasteiger partial charge in [-0.2, -0.15) is 0 Å². The summed E-state index contributed by atoms with van der Waals surface area (Å²) >= 11 is 11.7. The first kappa shape index (κ1) is 15.4. The van der Waals surface area contributed by atoms with Crippen LogP contribution in [0.25, 0.3) is 0 Å². The molecule has 0 heterocycles. The molecule has 0 saturated carbocycles. The number of rotatable bonds is 5. The second kappa shape index (κ2) is 6.62. The summed E-state index contributed by atoms with van der Waals surface area (Å²) in [4.78, 5) is 10.3. The van der Waals surface area contributed by atoms with E-state index >= 15 is 0 Å². The summed E-state index contributed by atoms with van der Waals surface area (Å²) in [6.45, 7) is 0.198. The van der Waals surface area contributed by atoms with Gasteiger partial charge >= 0.3 is 0 Å². The van der Waals surface area contributed by atoms with Crippen LogP contribution in [0.15, 0.2) is 36.4 Å². The number of nitrogens with one attached hydrogen (secondary N) is 1. The highest BCUT2D eigenvalue weighted by Gasteiger charge is 2.13. The number of benzene rings is 2. The van der Waals surface area contributed by atoms with E-state index in [4.69, 9.17) is 33.8 Å². The molecule has 2 aromatic rings. The highest BCUT2D eigenvalue weighted by molar-refractivity contribution is 6.34. The lowest BCUT2D eigenvalue weighted by atomic mass is 10.2. The minimum absolute atomic E-state index is 0.105. The second-order valence-corrected chi connectivity index (χ2v) is 5.02. The third-order valence-electron chi connectivity index (χ3n) is 2.65. The molecule has 0 bridgehead atoms. The van der Waals surface area contributed by atoms with Crippen LogP contribution < -0.4 is 16.0 Å². The predicted molar refractivity (Wildman–Crippen MR) is 81.7 cm³/mol. The summed E-state index contributed by atoms with van der Waals surface area (Å²) in [5.41, 5.74) is 3.12. The van der Waals surface area contributed by atoms with Crippen LogP contribution in [0.2, 0.25) is 10.0 Å². The smallest absolute Gasteiger partial charge is 0.293 e. The lowest BCUT2D eigenvalue weighted by molar-refractivity contribution is -0.384. The lowest BCUT2D eigenvalue weighted by Gasteiger charge is -2.09. The van der Waals surface area contributed by atoms with Gasteiger partial charge in [-0.15, -0.1) is 0 Å². The molecular formula is C13H11Cl2N3O3. The van der Waals surface area contributed by atoms with E-state index in [2.05, 4.69) is 5.43 Å². The van der Waals surface area contributed by atoms with E-state index in [1.54, 1.807) is 30.3 Å². The van der Waals surface area contributed by atoms with Crippen molar-refractivity contribution in [1.29, 1.82) is 0 Å². The lowest BCUT2D eigenvalue weighted by Crippen LogP contribution is -2.09. The molecule has 0 spiro atoms. The van der Waals surface area contributed by atoms with Crippen molar-refractivity contribution in [2.75, 3.05) is 5.43 Å². The van der Waals surface area contributed by atoms with Gasteiger partial charge in [0.05, 0.1) is 4.92 Å². The van der Waals surface area contributed by atoms with Gasteiger partial charge in [-0.3, -0.25) is 16.0 Å². The summed E-state index contributed by atoms with van der Waals surface area (Å²) in [7, 11) is 0. The summed E-state index contributed by atoms with van der Waals surface area (Å²) in [6.07, 6.45) is 0. The summed E-state index contributed by atoms with van der Waals surface area (Å²) < 4.78 is 5.55. The maximum Gasteiger partial charge on any atom is 0.293 e. The van der Waals surface area contributed by atoms with E-state index in [0.717, 1.165) is 0 Å². The first-order chi connectivity index (χ1) is 9.99. The van der Waals surface area contributed by atoms with E-state index in [-0.39, 0.29) is 18.0 Å². The Hall–Kier alpha value is -2.02. The molecule has 2 aromatic carbocycles. The van der Waals surface area contributed by atoms with E-state index in [1.165, 1.54) is 6.07 Å². The number of nitro groups is 1. The van der Waals surface area contributed by atoms with E-state index in [9.17, 15) is 10.1 Å². The van der Waals surface area contributed by atoms with Gasteiger partial charge in [0.1, 0.15) is 18.0 Å². The van der Waals surface area contributed by atoms with Crippen LogP contribution in [-0.2, 0) is 6.61 Å². The molecule has 0 aliphatic carbocycles. The zero-order chi connectivity index (χ0) is 15.4. The number of hydrazine groups is 1. The van der Waals surface area contributed by atoms with Crippen LogP contribution in [0.4, 0.5) is 11.4 Å². The van der Waals surface area contributed by atoms with Crippen LogP contribution in [0.3, 0.4) is 0 Å². The molecular weight excluding hydrogens is 317 g/mol. The van der Waals surface area contributed by atoms with Crippen molar-refractivity contribution >= 4 is 34.6 Å². The number of halogens is 2. The Labute approximate surface area is 130 Å². The first-order valence-electron chi connectivity index (χ1n) is 5.82. The minimum atomic E-state index is -0.517. The largest absolute Gasteiger partial charge is 0.489 e. The maximum absolute atomic E-state index is 10.8. The molecule has 0 aromatic heterocycles. The zero-order valence-electron chi connectivity index (χ0n) is 10.7. The fourth-order valence-electron chi connectivity index (χ4n) is 1.73. The zero-order valence-corrected chi connectivity index (χ0v) is 12.2. The van der Waals surface area contributed by atoms with E-state index in [0.29, 0.717) is 21.4 Å². The molecule has 0 unspecified atom stereocenters. The Kier molecular flexibility index (Phi) is 4.85. The van der Waals surface area contributed by atoms with E-state index < -0.39 is 4.92 Å². The third-order valence-corrected chi connectivity index (χ3v) is 3.09. The van der Waals surface area contributed by atoms with Gasteiger partial charge in [-0.05, 0) is 35.9 Å². The standard InChI is InChI=1S/C13H11Cl2N3O3/c14-9-4-10(15)6-11(5-9)21-7-8-1-2-13(18(19)20)12(3-8)17-16/h1-6,17H,7,16H2. The molecule has 110 valence electrons. The number of nitrogen functional groups attached to an aromatic ring is 1. The predicted octanol–water partition coefficient (Wildman–Crippen LogP) is 3.77. The number of nitrogens with zero attached hydrogens (tertiary/aromatic N) is 1. The number of nitrogens with two attached hydrogens (primary N) is 1. The normalized spacial score (nSPS) is 10.2. The van der Waals surface area contributed by atoms with Gasteiger partial charge in [0.15, 0.2) is 0 Å². The van der Waals surface area contributed by atoms with Crippen molar-refractivity contribution in [1.82, 2.24) is 0 Å². The SMILES string of the molecule is NNc1cc(COc2cc(Cl)cc(Cl)c2)ccc1[N+](=O)[O-]. The first-order valence-corrected chi connectivity index (χ1v) is 6.58.